The molecule has 2 heterocycles. The highest BCUT2D eigenvalue weighted by molar-refractivity contribution is 4.65. The van der Waals surface area contributed by atoms with E-state index in [0.29, 0.717) is 12.2 Å². The molecular weight excluding hydrogens is 236 g/mol. The number of hydrogen-bond acceptors (Lipinski definition) is 2. The van der Waals surface area contributed by atoms with E-state index in [2.05, 4.69) is 0 Å². The first-order valence-electron chi connectivity index (χ1n) is 8.68. The number of unbranched alkanes of at least 4 members (excludes halogenated alkanes) is 2. The van der Waals surface area contributed by atoms with E-state index in [1.807, 2.05) is 0 Å². The molecule has 2 unspecified atom stereocenters. The predicted molar refractivity (Wildman–Crippen MR) is 79.5 cm³/mol. The highest BCUT2D eigenvalue weighted by atomic mass is 16.5. The molecule has 0 aliphatic carbocycles. The van der Waals surface area contributed by atoms with Gasteiger partial charge in [0.05, 0.1) is 12.2 Å². The summed E-state index contributed by atoms with van der Waals surface area (Å²) in [5.74, 6) is 0. The van der Waals surface area contributed by atoms with Crippen molar-refractivity contribution in [3.63, 3.8) is 0 Å². The zero-order valence-electron chi connectivity index (χ0n) is 12.6. The van der Waals surface area contributed by atoms with Gasteiger partial charge in [-0.1, -0.05) is 44.9 Å². The fraction of sp³-hybridized carbons (Fsp3) is 1.00. The molecule has 0 aromatic carbocycles. The largest absolute Gasteiger partial charge is 0.378 e. The smallest absolute Gasteiger partial charge is 0.0575 e. The van der Waals surface area contributed by atoms with E-state index in [-0.39, 0.29) is 0 Å². The first-order valence-corrected chi connectivity index (χ1v) is 8.68. The average molecular weight is 268 g/mol. The van der Waals surface area contributed by atoms with Crippen LogP contribution in [0.1, 0.15) is 83.5 Å². The summed E-state index contributed by atoms with van der Waals surface area (Å²) >= 11 is 0. The lowest BCUT2D eigenvalue weighted by molar-refractivity contribution is 0.0461. The molecule has 2 rings (SSSR count). The third kappa shape index (κ3) is 6.76. The minimum Gasteiger partial charge on any atom is -0.378 e. The van der Waals surface area contributed by atoms with E-state index in [9.17, 15) is 0 Å². The normalized spacial score (nSPS) is 29.7. The molecule has 19 heavy (non-hydrogen) atoms. The van der Waals surface area contributed by atoms with Crippen LogP contribution in [0.15, 0.2) is 0 Å². The van der Waals surface area contributed by atoms with Gasteiger partial charge in [-0.3, -0.25) is 0 Å². The Hall–Kier alpha value is -0.0800. The van der Waals surface area contributed by atoms with Crippen LogP contribution in [-0.4, -0.2) is 25.4 Å². The molecule has 2 aliphatic heterocycles. The Labute approximate surface area is 119 Å². The van der Waals surface area contributed by atoms with Gasteiger partial charge in [-0.15, -0.1) is 0 Å². The van der Waals surface area contributed by atoms with Crippen LogP contribution in [0.2, 0.25) is 0 Å². The van der Waals surface area contributed by atoms with Gasteiger partial charge >= 0.3 is 0 Å². The molecule has 0 aromatic rings. The van der Waals surface area contributed by atoms with Crippen LogP contribution in [-0.2, 0) is 9.47 Å². The third-order valence-corrected chi connectivity index (χ3v) is 4.60. The Morgan fingerprint density at radius 3 is 1.63 bits per heavy atom. The molecule has 0 amide bonds. The zero-order chi connectivity index (χ0) is 13.2. The van der Waals surface area contributed by atoms with Crippen LogP contribution in [0.25, 0.3) is 0 Å². The summed E-state index contributed by atoms with van der Waals surface area (Å²) in [6.45, 7) is 2.00. The number of hydrogen-bond donors (Lipinski definition) is 0. The van der Waals surface area contributed by atoms with E-state index in [0.717, 1.165) is 13.2 Å². The van der Waals surface area contributed by atoms with E-state index in [1.54, 1.807) is 0 Å². The minimum atomic E-state index is 0.566. The van der Waals surface area contributed by atoms with E-state index in [1.165, 1.54) is 83.5 Å². The van der Waals surface area contributed by atoms with Gasteiger partial charge in [0.15, 0.2) is 0 Å². The lowest BCUT2D eigenvalue weighted by Gasteiger charge is -2.16. The summed E-state index contributed by atoms with van der Waals surface area (Å²) < 4.78 is 11.8. The van der Waals surface area contributed by atoms with Gasteiger partial charge in [0.25, 0.3) is 0 Å². The maximum Gasteiger partial charge on any atom is 0.0575 e. The SMILES string of the molecule is C1CCOC(CCCCCC2CCCCCO2)CC1. The first-order chi connectivity index (χ1) is 9.45. The molecular formula is C17H32O2. The minimum absolute atomic E-state index is 0.566. The Kier molecular flexibility index (Phi) is 7.87. The van der Waals surface area contributed by atoms with Crippen molar-refractivity contribution in [2.24, 2.45) is 0 Å². The summed E-state index contributed by atoms with van der Waals surface area (Å²) in [5, 5.41) is 0. The molecule has 0 spiro atoms. The Bertz CT molecular complexity index is 179. The quantitative estimate of drug-likeness (QED) is 0.641. The van der Waals surface area contributed by atoms with Crippen molar-refractivity contribution in [3.05, 3.63) is 0 Å². The van der Waals surface area contributed by atoms with Crippen molar-refractivity contribution < 1.29 is 9.47 Å². The molecule has 2 nitrogen and oxygen atoms in total. The maximum atomic E-state index is 5.89. The van der Waals surface area contributed by atoms with Crippen LogP contribution in [0.3, 0.4) is 0 Å². The van der Waals surface area contributed by atoms with Crippen LogP contribution in [0, 0.1) is 0 Å². The van der Waals surface area contributed by atoms with Crippen molar-refractivity contribution in [2.45, 2.75) is 95.7 Å². The van der Waals surface area contributed by atoms with Gasteiger partial charge in [-0.2, -0.15) is 0 Å². The second kappa shape index (κ2) is 9.77. The molecule has 2 heteroatoms. The van der Waals surface area contributed by atoms with Gasteiger partial charge in [-0.25, -0.2) is 0 Å². The highest BCUT2D eigenvalue weighted by Gasteiger charge is 2.13. The fourth-order valence-electron chi connectivity index (χ4n) is 3.34. The molecule has 0 radical (unpaired) electrons. The fourth-order valence-corrected chi connectivity index (χ4v) is 3.34. The van der Waals surface area contributed by atoms with Gasteiger partial charge in [-0.05, 0) is 38.5 Å². The predicted octanol–water partition coefficient (Wildman–Crippen LogP) is 4.86. The molecule has 112 valence electrons. The maximum absolute atomic E-state index is 5.89. The van der Waals surface area contributed by atoms with Crippen LogP contribution >= 0.6 is 0 Å². The monoisotopic (exact) mass is 268 g/mol. The summed E-state index contributed by atoms with van der Waals surface area (Å²) in [6, 6.07) is 0. The summed E-state index contributed by atoms with van der Waals surface area (Å²) in [7, 11) is 0. The zero-order valence-corrected chi connectivity index (χ0v) is 12.6. The van der Waals surface area contributed by atoms with Crippen molar-refractivity contribution in [3.8, 4) is 0 Å². The molecule has 2 atom stereocenters. The molecule has 2 fully saturated rings. The molecule has 0 N–H and O–H groups in total. The molecule has 2 aliphatic rings. The van der Waals surface area contributed by atoms with Crippen molar-refractivity contribution in [1.82, 2.24) is 0 Å². The molecule has 2 saturated heterocycles. The second-order valence-corrected chi connectivity index (χ2v) is 6.32. The number of ether oxygens (including phenoxy) is 2. The van der Waals surface area contributed by atoms with E-state index < -0.39 is 0 Å². The topological polar surface area (TPSA) is 18.5 Å². The van der Waals surface area contributed by atoms with Gasteiger partial charge in [0, 0.05) is 13.2 Å². The lowest BCUT2D eigenvalue weighted by Crippen LogP contribution is -2.12. The summed E-state index contributed by atoms with van der Waals surface area (Å²) in [4.78, 5) is 0. The first kappa shape index (κ1) is 15.3. The van der Waals surface area contributed by atoms with Gasteiger partial charge in [0.2, 0.25) is 0 Å². The van der Waals surface area contributed by atoms with Gasteiger partial charge in [0.1, 0.15) is 0 Å². The summed E-state index contributed by atoms with van der Waals surface area (Å²) in [6.07, 6.45) is 18.4. The molecule has 0 aromatic heterocycles. The van der Waals surface area contributed by atoms with Gasteiger partial charge < -0.3 is 9.47 Å². The van der Waals surface area contributed by atoms with Crippen LogP contribution < -0.4 is 0 Å². The highest BCUT2D eigenvalue weighted by Crippen LogP contribution is 2.21. The molecule has 0 bridgehead atoms. The summed E-state index contributed by atoms with van der Waals surface area (Å²) in [5.41, 5.74) is 0. The van der Waals surface area contributed by atoms with Crippen molar-refractivity contribution >= 4 is 0 Å². The van der Waals surface area contributed by atoms with Crippen molar-refractivity contribution in [2.75, 3.05) is 13.2 Å². The van der Waals surface area contributed by atoms with Crippen LogP contribution in [0.4, 0.5) is 0 Å². The Morgan fingerprint density at radius 2 is 1.11 bits per heavy atom. The number of rotatable bonds is 6. The van der Waals surface area contributed by atoms with E-state index >= 15 is 0 Å². The molecule has 0 saturated carbocycles. The third-order valence-electron chi connectivity index (χ3n) is 4.60. The lowest BCUT2D eigenvalue weighted by atomic mass is 10.0. The Balaban J connectivity index is 1.46. The van der Waals surface area contributed by atoms with E-state index in [4.69, 9.17) is 9.47 Å². The average Bonchev–Trinajstić information content (AvgIpc) is 2.83. The van der Waals surface area contributed by atoms with Crippen LogP contribution in [0.5, 0.6) is 0 Å². The second-order valence-electron chi connectivity index (χ2n) is 6.32. The Morgan fingerprint density at radius 1 is 0.579 bits per heavy atom. The van der Waals surface area contributed by atoms with Crippen molar-refractivity contribution in [1.29, 1.82) is 0 Å². The standard InChI is InChI=1S/C17H32O2/c1(4-10-16-12-6-2-8-14-18-16)5-11-17-13-7-3-9-15-19-17/h16-17H,1-15H2.